The Morgan fingerprint density at radius 3 is 2.14 bits per heavy atom. The summed E-state index contributed by atoms with van der Waals surface area (Å²) < 4.78 is 15.4. The second-order valence-corrected chi connectivity index (χ2v) is 15.7. The topological polar surface area (TPSA) is 67.6 Å². The average Bonchev–Trinajstić information content (AvgIpc) is 3.95. The molecule has 7 aromatic carbocycles. The Kier molecular flexibility index (Phi) is 7.22. The van der Waals surface area contributed by atoms with Crippen molar-refractivity contribution in [2.45, 2.75) is 31.6 Å². The highest BCUT2D eigenvalue weighted by Gasteiger charge is 2.37. The molecule has 4 heterocycles. The zero-order valence-corrected chi connectivity index (χ0v) is 31.9. The Labute approximate surface area is 334 Å². The van der Waals surface area contributed by atoms with Gasteiger partial charge in [0.1, 0.15) is 40.0 Å². The average molecular weight is 751 g/mol. The molecule has 0 radical (unpaired) electrons. The minimum absolute atomic E-state index is 0.262. The van der Waals surface area contributed by atoms with Gasteiger partial charge in [0.2, 0.25) is 0 Å². The lowest BCUT2D eigenvalue weighted by atomic mass is 9.92. The Morgan fingerprint density at radius 2 is 1.31 bits per heavy atom. The third-order valence-corrected chi connectivity index (χ3v) is 12.1. The van der Waals surface area contributed by atoms with Crippen LogP contribution in [-0.2, 0) is 12.1 Å². The van der Waals surface area contributed by atoms with E-state index in [4.69, 9.17) is 13.8 Å². The molecule has 10 aromatic rings. The summed E-state index contributed by atoms with van der Waals surface area (Å²) in [5.74, 6) is 0.839. The maximum atomic E-state index is 6.57. The van der Waals surface area contributed by atoms with Crippen molar-refractivity contribution < 1.29 is 8.83 Å². The van der Waals surface area contributed by atoms with Gasteiger partial charge in [-0.25, -0.2) is 4.99 Å². The van der Waals surface area contributed by atoms with Crippen LogP contribution in [0.3, 0.4) is 0 Å². The van der Waals surface area contributed by atoms with E-state index in [0.29, 0.717) is 0 Å². The molecule has 12 rings (SSSR count). The van der Waals surface area contributed by atoms with Crippen molar-refractivity contribution in [1.82, 2.24) is 15.2 Å². The van der Waals surface area contributed by atoms with Gasteiger partial charge in [0.05, 0.1) is 5.52 Å². The number of amidine groups is 1. The minimum atomic E-state index is -0.688. The van der Waals surface area contributed by atoms with Crippen LogP contribution in [0.25, 0.3) is 77.7 Å². The summed E-state index contributed by atoms with van der Waals surface area (Å²) in [6.07, 6.45) is 6.44. The molecule has 0 saturated carbocycles. The molecule has 0 fully saturated rings. The third kappa shape index (κ3) is 5.12. The third-order valence-electron chi connectivity index (χ3n) is 12.1. The maximum absolute atomic E-state index is 6.57. The fourth-order valence-corrected chi connectivity index (χ4v) is 9.39. The van der Waals surface area contributed by atoms with Crippen LogP contribution in [0.2, 0.25) is 0 Å². The summed E-state index contributed by atoms with van der Waals surface area (Å²) in [5.41, 5.74) is 13.3. The van der Waals surface area contributed by atoms with E-state index in [0.717, 1.165) is 96.1 Å². The molecule has 2 N–H and O–H groups in total. The minimum Gasteiger partial charge on any atom is -0.456 e. The molecule has 0 bridgehead atoms. The van der Waals surface area contributed by atoms with E-state index < -0.39 is 5.66 Å². The van der Waals surface area contributed by atoms with E-state index >= 15 is 0 Å². The van der Waals surface area contributed by atoms with Crippen molar-refractivity contribution in [1.29, 1.82) is 0 Å². The summed E-state index contributed by atoms with van der Waals surface area (Å²) in [7, 11) is 0. The fourth-order valence-electron chi connectivity index (χ4n) is 9.39. The van der Waals surface area contributed by atoms with Gasteiger partial charge in [-0.3, -0.25) is 5.32 Å². The Bertz CT molecular complexity index is 3310. The van der Waals surface area contributed by atoms with Gasteiger partial charge < -0.3 is 18.7 Å². The summed E-state index contributed by atoms with van der Waals surface area (Å²) in [6.45, 7) is 2.20. The zero-order chi connectivity index (χ0) is 38.4. The van der Waals surface area contributed by atoms with E-state index in [1.54, 1.807) is 0 Å². The van der Waals surface area contributed by atoms with E-state index in [2.05, 4.69) is 180 Å². The monoisotopic (exact) mass is 750 g/mol. The molecule has 3 aromatic heterocycles. The largest absolute Gasteiger partial charge is 0.456 e. The molecule has 1 aliphatic heterocycles. The quantitative estimate of drug-likeness (QED) is 0.184. The summed E-state index contributed by atoms with van der Waals surface area (Å²) in [6, 6.07) is 55.6. The number of aromatic nitrogens is 1. The van der Waals surface area contributed by atoms with E-state index in [9.17, 15) is 0 Å². The van der Waals surface area contributed by atoms with Crippen molar-refractivity contribution in [2.75, 3.05) is 0 Å². The number of aryl methyl sites for hydroxylation is 1. The van der Waals surface area contributed by atoms with Crippen LogP contribution < -0.4 is 10.6 Å². The molecule has 58 heavy (non-hydrogen) atoms. The van der Waals surface area contributed by atoms with Gasteiger partial charge in [-0.2, -0.15) is 0 Å². The van der Waals surface area contributed by atoms with Gasteiger partial charge in [0, 0.05) is 49.4 Å². The first kappa shape index (κ1) is 33.0. The SMILES string of the molecule is CC1(c2cccc3oc4ccc(-c5ccc6oc7ccc(-n8c9c(c%10ccccc%108)CCC=C9)cc7c6c5)cc4c23)NC(c2ccccc2)=NC(c2ccccc2)N1. The van der Waals surface area contributed by atoms with Gasteiger partial charge in [0.25, 0.3) is 0 Å². The van der Waals surface area contributed by atoms with Crippen LogP contribution in [0, 0.1) is 0 Å². The normalized spacial score (nSPS) is 17.9. The standard InChI is InChI=1S/C52H38N4O2/c1-52(54-50(32-13-4-2-5-14-32)53-51(55-52)33-15-6-3-7-16-33)42-19-12-22-48-49(42)41-30-35(24-27-47(41)58-48)34-23-26-45-39(29-34)40-31-36(25-28-46(40)57-45)56-43-20-10-8-17-37(43)38-18-9-11-21-44(38)56/h2-8,10-17,19-31,50,54H,9,18H2,1H3,(H,53,55). The summed E-state index contributed by atoms with van der Waals surface area (Å²) in [5, 5.41) is 13.3. The van der Waals surface area contributed by atoms with Gasteiger partial charge >= 0.3 is 0 Å². The highest BCUT2D eigenvalue weighted by Crippen LogP contribution is 2.41. The number of hydrogen-bond acceptors (Lipinski definition) is 5. The number of nitrogens with one attached hydrogen (secondary N) is 2. The highest BCUT2D eigenvalue weighted by atomic mass is 16.3. The number of furan rings is 2. The van der Waals surface area contributed by atoms with Gasteiger partial charge in [-0.1, -0.05) is 109 Å². The first-order valence-corrected chi connectivity index (χ1v) is 20.0. The van der Waals surface area contributed by atoms with E-state index in [1.807, 2.05) is 12.1 Å². The van der Waals surface area contributed by atoms with Gasteiger partial charge in [-0.05, 0) is 103 Å². The molecular formula is C52H38N4O2. The van der Waals surface area contributed by atoms with Crippen LogP contribution in [-0.4, -0.2) is 10.4 Å². The number of rotatable bonds is 5. The number of para-hydroxylation sites is 1. The van der Waals surface area contributed by atoms with Crippen molar-refractivity contribution in [3.8, 4) is 16.8 Å². The highest BCUT2D eigenvalue weighted by molar-refractivity contribution is 6.11. The summed E-state index contributed by atoms with van der Waals surface area (Å²) in [4.78, 5) is 5.18. The first-order valence-electron chi connectivity index (χ1n) is 20.0. The number of nitrogens with zero attached hydrogens (tertiary/aromatic N) is 2. The maximum Gasteiger partial charge on any atom is 0.135 e. The number of fused-ring (bicyclic) bond motifs is 9. The zero-order valence-electron chi connectivity index (χ0n) is 31.9. The molecule has 6 heteroatoms. The molecule has 2 aliphatic rings. The fraction of sp³-hybridized carbons (Fsp3) is 0.0962. The molecule has 2 atom stereocenters. The van der Waals surface area contributed by atoms with Crippen molar-refractivity contribution in [2.24, 2.45) is 4.99 Å². The van der Waals surface area contributed by atoms with Crippen LogP contribution in [0.15, 0.2) is 178 Å². The smallest absolute Gasteiger partial charge is 0.135 e. The summed E-state index contributed by atoms with van der Waals surface area (Å²) >= 11 is 0. The predicted molar refractivity (Wildman–Crippen MR) is 236 cm³/mol. The van der Waals surface area contributed by atoms with Crippen LogP contribution in [0.1, 0.15) is 47.5 Å². The Balaban J connectivity index is 0.983. The molecule has 6 nitrogen and oxygen atoms in total. The molecule has 0 amide bonds. The van der Waals surface area contributed by atoms with Gasteiger partial charge in [0.15, 0.2) is 0 Å². The second kappa shape index (κ2) is 12.7. The second-order valence-electron chi connectivity index (χ2n) is 15.7. The molecule has 278 valence electrons. The number of benzene rings is 7. The molecule has 0 saturated heterocycles. The Morgan fingerprint density at radius 1 is 0.621 bits per heavy atom. The molecule has 0 spiro atoms. The van der Waals surface area contributed by atoms with Gasteiger partial charge in [-0.15, -0.1) is 0 Å². The van der Waals surface area contributed by atoms with E-state index in [-0.39, 0.29) is 6.17 Å². The molecule has 2 unspecified atom stereocenters. The first-order chi connectivity index (χ1) is 28.6. The molecular weight excluding hydrogens is 713 g/mol. The Hall–Kier alpha value is -7.15. The van der Waals surface area contributed by atoms with Crippen LogP contribution in [0.5, 0.6) is 0 Å². The number of aliphatic imine (C=N–C) groups is 1. The molecule has 1 aliphatic carbocycles. The van der Waals surface area contributed by atoms with Crippen LogP contribution in [0.4, 0.5) is 0 Å². The lowest BCUT2D eigenvalue weighted by Gasteiger charge is -2.41. The van der Waals surface area contributed by atoms with Crippen molar-refractivity contribution >= 4 is 66.7 Å². The van der Waals surface area contributed by atoms with E-state index in [1.165, 1.54) is 22.2 Å². The lowest BCUT2D eigenvalue weighted by molar-refractivity contribution is 0.279. The number of allylic oxidation sites excluding steroid dienone is 1. The van der Waals surface area contributed by atoms with Crippen molar-refractivity contribution in [3.63, 3.8) is 0 Å². The van der Waals surface area contributed by atoms with Crippen molar-refractivity contribution in [3.05, 3.63) is 192 Å². The van der Waals surface area contributed by atoms with Crippen LogP contribution >= 0.6 is 0 Å². The predicted octanol–water partition coefficient (Wildman–Crippen LogP) is 12.6. The lowest BCUT2D eigenvalue weighted by Crippen LogP contribution is -2.58. The number of hydrogen-bond donors (Lipinski definition) is 2.